The number of halogens is 4. The molecule has 25 heavy (non-hydrogen) atoms. The molecule has 2 rings (SSSR count). The number of benzene rings is 1. The molecule has 1 unspecified atom stereocenters. The molecule has 9 heteroatoms. The molecule has 0 saturated carbocycles. The first kappa shape index (κ1) is 21.4. The highest BCUT2D eigenvalue weighted by Crippen LogP contribution is 2.30. The predicted molar refractivity (Wildman–Crippen MR) is 95.3 cm³/mol. The first-order valence-electron chi connectivity index (χ1n) is 7.36. The summed E-state index contributed by atoms with van der Waals surface area (Å²) in [6.45, 7) is 2.37. The number of carbonyl (C=O) groups excluding carboxylic acids is 1. The largest absolute Gasteiger partial charge is 0.416 e. The van der Waals surface area contributed by atoms with Gasteiger partial charge in [-0.05, 0) is 24.7 Å². The van der Waals surface area contributed by atoms with Crippen molar-refractivity contribution in [3.05, 3.63) is 46.5 Å². The van der Waals surface area contributed by atoms with Crippen molar-refractivity contribution in [3.63, 3.8) is 0 Å². The Hall–Kier alpha value is -1.64. The van der Waals surface area contributed by atoms with Crippen molar-refractivity contribution in [2.24, 2.45) is 5.92 Å². The van der Waals surface area contributed by atoms with Crippen LogP contribution in [0.4, 0.5) is 18.3 Å². The molecule has 0 aliphatic heterocycles. The minimum absolute atomic E-state index is 0. The Morgan fingerprint density at radius 3 is 2.48 bits per heavy atom. The molecule has 0 aliphatic carbocycles. The van der Waals surface area contributed by atoms with Crippen LogP contribution in [0.3, 0.4) is 0 Å². The average Bonchev–Trinajstić information content (AvgIpc) is 2.94. The molecule has 0 saturated heterocycles. The van der Waals surface area contributed by atoms with E-state index in [2.05, 4.69) is 15.6 Å². The molecule has 0 bridgehead atoms. The Bertz CT molecular complexity index is 689. The maximum atomic E-state index is 12.5. The van der Waals surface area contributed by atoms with Gasteiger partial charge in [0.1, 0.15) is 0 Å². The highest BCUT2D eigenvalue weighted by atomic mass is 35.5. The third-order valence-electron chi connectivity index (χ3n) is 3.40. The van der Waals surface area contributed by atoms with Crippen LogP contribution < -0.4 is 10.6 Å². The number of nitrogens with zero attached hydrogens (tertiary/aromatic N) is 1. The summed E-state index contributed by atoms with van der Waals surface area (Å²) in [7, 11) is 1.77. The number of carbonyl (C=O) groups is 1. The van der Waals surface area contributed by atoms with Gasteiger partial charge in [0.05, 0.1) is 5.56 Å². The van der Waals surface area contributed by atoms with Crippen LogP contribution >= 0.6 is 23.7 Å². The summed E-state index contributed by atoms with van der Waals surface area (Å²) in [4.78, 5) is 16.9. The molecule has 1 aromatic carbocycles. The van der Waals surface area contributed by atoms with Gasteiger partial charge in [-0.25, -0.2) is 4.98 Å². The van der Waals surface area contributed by atoms with E-state index in [4.69, 9.17) is 0 Å². The number of alkyl halides is 3. The normalized spacial score (nSPS) is 12.4. The lowest BCUT2D eigenvalue weighted by Crippen LogP contribution is -2.28. The third kappa shape index (κ3) is 6.30. The van der Waals surface area contributed by atoms with Gasteiger partial charge in [-0.3, -0.25) is 4.79 Å². The van der Waals surface area contributed by atoms with Crippen molar-refractivity contribution >= 4 is 34.8 Å². The minimum Gasteiger partial charge on any atom is -0.319 e. The monoisotopic (exact) mass is 393 g/mol. The summed E-state index contributed by atoms with van der Waals surface area (Å²) in [5.74, 6) is -0.308. The molecule has 1 heterocycles. The van der Waals surface area contributed by atoms with Gasteiger partial charge in [0.15, 0.2) is 5.13 Å². The van der Waals surface area contributed by atoms with Gasteiger partial charge in [0, 0.05) is 30.0 Å². The number of rotatable bonds is 6. The lowest BCUT2D eigenvalue weighted by molar-refractivity contribution is -0.137. The van der Waals surface area contributed by atoms with E-state index in [0.717, 1.165) is 22.6 Å². The third-order valence-corrected chi connectivity index (χ3v) is 4.31. The average molecular weight is 394 g/mol. The van der Waals surface area contributed by atoms with Gasteiger partial charge in [0.2, 0.25) is 5.91 Å². The second kappa shape index (κ2) is 9.17. The van der Waals surface area contributed by atoms with Crippen LogP contribution in [0, 0.1) is 5.92 Å². The van der Waals surface area contributed by atoms with E-state index in [1.54, 1.807) is 13.2 Å². The maximum Gasteiger partial charge on any atom is 0.416 e. The highest BCUT2D eigenvalue weighted by molar-refractivity contribution is 7.15. The van der Waals surface area contributed by atoms with Crippen LogP contribution in [0.25, 0.3) is 0 Å². The molecule has 0 aliphatic rings. The highest BCUT2D eigenvalue weighted by Gasteiger charge is 2.29. The molecule has 1 aromatic heterocycles. The second-order valence-corrected chi connectivity index (χ2v) is 6.57. The van der Waals surface area contributed by atoms with Crippen molar-refractivity contribution in [2.75, 3.05) is 18.9 Å². The Labute approximate surface area is 154 Å². The molecule has 0 radical (unpaired) electrons. The van der Waals surface area contributed by atoms with Gasteiger partial charge >= 0.3 is 6.18 Å². The van der Waals surface area contributed by atoms with E-state index in [9.17, 15) is 18.0 Å². The van der Waals surface area contributed by atoms with E-state index in [1.165, 1.54) is 23.5 Å². The lowest BCUT2D eigenvalue weighted by Gasteiger charge is -2.09. The Kier molecular flexibility index (Phi) is 7.85. The standard InChI is InChI=1S/C16H18F3N3OS.ClH/c1-10(8-20-2)14(23)22-15-21-9-13(24-15)7-11-3-5-12(6-4-11)16(17,18)19;/h3-6,9-10,20H,7-8H2,1-2H3,(H,21,22,23);1H. The zero-order valence-electron chi connectivity index (χ0n) is 13.7. The van der Waals surface area contributed by atoms with Crippen LogP contribution in [0.15, 0.2) is 30.5 Å². The van der Waals surface area contributed by atoms with Crippen molar-refractivity contribution in [3.8, 4) is 0 Å². The first-order chi connectivity index (χ1) is 11.3. The molecule has 2 aromatic rings. The summed E-state index contributed by atoms with van der Waals surface area (Å²) in [6.07, 6.45) is -2.23. The Morgan fingerprint density at radius 1 is 1.28 bits per heavy atom. The fourth-order valence-corrected chi connectivity index (χ4v) is 2.94. The second-order valence-electron chi connectivity index (χ2n) is 5.45. The SMILES string of the molecule is CNCC(C)C(=O)Nc1ncc(Cc2ccc(C(F)(F)F)cc2)s1.Cl. The lowest BCUT2D eigenvalue weighted by atomic mass is 10.1. The van der Waals surface area contributed by atoms with Gasteiger partial charge in [0.25, 0.3) is 0 Å². The molecular formula is C16H19ClF3N3OS. The fraction of sp³-hybridized carbons (Fsp3) is 0.375. The first-order valence-corrected chi connectivity index (χ1v) is 8.17. The Balaban J connectivity index is 0.00000312. The summed E-state index contributed by atoms with van der Waals surface area (Å²) in [5, 5.41) is 6.16. The van der Waals surface area contributed by atoms with E-state index >= 15 is 0 Å². The zero-order valence-corrected chi connectivity index (χ0v) is 15.3. The molecule has 4 nitrogen and oxygen atoms in total. The van der Waals surface area contributed by atoms with Crippen LogP contribution in [0.5, 0.6) is 0 Å². The van der Waals surface area contributed by atoms with Crippen molar-refractivity contribution in [1.29, 1.82) is 0 Å². The van der Waals surface area contributed by atoms with Gasteiger partial charge in [-0.1, -0.05) is 19.1 Å². The van der Waals surface area contributed by atoms with Crippen molar-refractivity contribution in [1.82, 2.24) is 10.3 Å². The number of amides is 1. The van der Waals surface area contributed by atoms with Crippen LogP contribution in [0.2, 0.25) is 0 Å². The van der Waals surface area contributed by atoms with Crippen LogP contribution in [0.1, 0.15) is 22.9 Å². The molecular weight excluding hydrogens is 375 g/mol. The van der Waals surface area contributed by atoms with Crippen molar-refractivity contribution < 1.29 is 18.0 Å². The molecule has 1 amide bonds. The number of thiazole rings is 1. The number of hydrogen-bond donors (Lipinski definition) is 2. The predicted octanol–water partition coefficient (Wildman–Crippen LogP) is 3.97. The van der Waals surface area contributed by atoms with Gasteiger partial charge < -0.3 is 10.6 Å². The summed E-state index contributed by atoms with van der Waals surface area (Å²) in [6, 6.07) is 5.04. The smallest absolute Gasteiger partial charge is 0.319 e. The van der Waals surface area contributed by atoms with Gasteiger partial charge in [-0.15, -0.1) is 23.7 Å². The van der Waals surface area contributed by atoms with E-state index in [0.29, 0.717) is 18.1 Å². The molecule has 0 fully saturated rings. The number of hydrogen-bond acceptors (Lipinski definition) is 4. The number of nitrogens with one attached hydrogen (secondary N) is 2. The zero-order chi connectivity index (χ0) is 17.7. The topological polar surface area (TPSA) is 54.0 Å². The number of anilines is 1. The summed E-state index contributed by atoms with van der Waals surface area (Å²) >= 11 is 1.32. The van der Waals surface area contributed by atoms with Crippen LogP contribution in [-0.2, 0) is 17.4 Å². The molecule has 1 atom stereocenters. The van der Waals surface area contributed by atoms with E-state index < -0.39 is 11.7 Å². The summed E-state index contributed by atoms with van der Waals surface area (Å²) < 4.78 is 37.6. The van der Waals surface area contributed by atoms with Gasteiger partial charge in [-0.2, -0.15) is 13.2 Å². The molecule has 0 spiro atoms. The quantitative estimate of drug-likeness (QED) is 0.780. The fourth-order valence-electron chi connectivity index (χ4n) is 2.09. The van der Waals surface area contributed by atoms with Crippen LogP contribution in [-0.4, -0.2) is 24.5 Å². The molecule has 138 valence electrons. The Morgan fingerprint density at radius 2 is 1.92 bits per heavy atom. The molecule has 2 N–H and O–H groups in total. The number of aromatic nitrogens is 1. The van der Waals surface area contributed by atoms with Crippen molar-refractivity contribution in [2.45, 2.75) is 19.5 Å². The maximum absolute atomic E-state index is 12.5. The minimum atomic E-state index is -4.33. The summed E-state index contributed by atoms with van der Waals surface area (Å²) in [5.41, 5.74) is 0.0927. The van der Waals surface area contributed by atoms with E-state index in [-0.39, 0.29) is 24.2 Å². The van der Waals surface area contributed by atoms with E-state index in [1.807, 2.05) is 6.92 Å².